The Balaban J connectivity index is 1.25. The molecule has 1 saturated carbocycles. The minimum atomic E-state index is 0.281. The summed E-state index contributed by atoms with van der Waals surface area (Å²) >= 11 is 12.4. The van der Waals surface area contributed by atoms with Crippen molar-refractivity contribution in [2.24, 2.45) is 0 Å². The van der Waals surface area contributed by atoms with Crippen molar-refractivity contribution >= 4 is 40.1 Å². The van der Waals surface area contributed by atoms with E-state index in [9.17, 15) is 0 Å². The van der Waals surface area contributed by atoms with E-state index in [4.69, 9.17) is 27.9 Å². The molecule has 142 valence electrons. The Bertz CT molecular complexity index is 888. The number of aromatic amines is 1. The quantitative estimate of drug-likeness (QED) is 0.624. The molecule has 2 N–H and O–H groups in total. The predicted molar refractivity (Wildman–Crippen MR) is 107 cm³/mol. The van der Waals surface area contributed by atoms with Crippen molar-refractivity contribution in [2.75, 3.05) is 11.9 Å². The maximum Gasteiger partial charge on any atom is 0.160 e. The highest BCUT2D eigenvalue weighted by Gasteiger charge is 2.22. The second kappa shape index (κ2) is 8.42. The van der Waals surface area contributed by atoms with Gasteiger partial charge in [-0.15, -0.1) is 0 Å². The van der Waals surface area contributed by atoms with E-state index in [-0.39, 0.29) is 6.10 Å². The summed E-state index contributed by atoms with van der Waals surface area (Å²) in [5.74, 6) is 0.839. The lowest BCUT2D eigenvalue weighted by Crippen LogP contribution is -2.30. The number of nitrogens with zero attached hydrogens (tertiary/aromatic N) is 3. The van der Waals surface area contributed by atoms with Gasteiger partial charge in [0.2, 0.25) is 0 Å². The van der Waals surface area contributed by atoms with Crippen LogP contribution in [0.15, 0.2) is 30.7 Å². The van der Waals surface area contributed by atoms with Crippen molar-refractivity contribution < 1.29 is 4.74 Å². The molecule has 2 aromatic heterocycles. The maximum atomic E-state index is 6.22. The first kappa shape index (κ1) is 18.5. The highest BCUT2D eigenvalue weighted by molar-refractivity contribution is 6.35. The lowest BCUT2D eigenvalue weighted by Gasteiger charge is -2.29. The van der Waals surface area contributed by atoms with Crippen molar-refractivity contribution in [3.05, 3.63) is 46.3 Å². The average Bonchev–Trinajstić information content (AvgIpc) is 3.15. The zero-order chi connectivity index (χ0) is 18.6. The van der Waals surface area contributed by atoms with Gasteiger partial charge in [-0.3, -0.25) is 5.10 Å². The van der Waals surface area contributed by atoms with Gasteiger partial charge in [-0.25, -0.2) is 9.97 Å². The summed E-state index contributed by atoms with van der Waals surface area (Å²) < 4.78 is 6.07. The van der Waals surface area contributed by atoms with E-state index in [1.54, 1.807) is 12.5 Å². The Kier molecular flexibility index (Phi) is 5.76. The van der Waals surface area contributed by atoms with Crippen LogP contribution < -0.4 is 5.32 Å². The lowest BCUT2D eigenvalue weighted by molar-refractivity contribution is 0.0283. The van der Waals surface area contributed by atoms with E-state index in [0.29, 0.717) is 22.7 Å². The van der Waals surface area contributed by atoms with Gasteiger partial charge in [0.15, 0.2) is 5.65 Å². The molecule has 0 radical (unpaired) electrons. The van der Waals surface area contributed by atoms with Crippen LogP contribution in [0.1, 0.15) is 31.2 Å². The molecular weight excluding hydrogens is 385 g/mol. The molecule has 4 rings (SSSR count). The van der Waals surface area contributed by atoms with Crippen molar-refractivity contribution in [1.29, 1.82) is 0 Å². The number of H-pyrrole nitrogens is 1. The van der Waals surface area contributed by atoms with Crippen molar-refractivity contribution in [3.63, 3.8) is 0 Å². The Morgan fingerprint density at radius 3 is 2.67 bits per heavy atom. The molecule has 0 bridgehead atoms. The second-order valence-corrected chi connectivity index (χ2v) is 7.61. The van der Waals surface area contributed by atoms with Gasteiger partial charge < -0.3 is 10.1 Å². The molecule has 0 amide bonds. The van der Waals surface area contributed by atoms with E-state index >= 15 is 0 Å². The third-order valence-electron chi connectivity index (χ3n) is 5.03. The fourth-order valence-electron chi connectivity index (χ4n) is 3.55. The largest absolute Gasteiger partial charge is 0.378 e. The SMILES string of the molecule is Clc1cccc(Cl)c1CCO[C@H]1CC[C@H](Nc2ncnc3[nH]ncc23)CC1. The van der Waals surface area contributed by atoms with Gasteiger partial charge in [0.25, 0.3) is 0 Å². The molecule has 27 heavy (non-hydrogen) atoms. The third-order valence-corrected chi connectivity index (χ3v) is 5.74. The van der Waals surface area contributed by atoms with Gasteiger partial charge in [0.1, 0.15) is 12.1 Å². The first-order valence-electron chi connectivity index (χ1n) is 9.16. The average molecular weight is 406 g/mol. The van der Waals surface area contributed by atoms with Gasteiger partial charge in [-0.1, -0.05) is 29.3 Å². The highest BCUT2D eigenvalue weighted by atomic mass is 35.5. The summed E-state index contributed by atoms with van der Waals surface area (Å²) in [7, 11) is 0. The number of halogens is 2. The summed E-state index contributed by atoms with van der Waals surface area (Å²) in [6.45, 7) is 0.633. The molecule has 0 saturated heterocycles. The zero-order valence-corrected chi connectivity index (χ0v) is 16.3. The van der Waals surface area contributed by atoms with E-state index < -0.39 is 0 Å². The van der Waals surface area contributed by atoms with Crippen molar-refractivity contribution in [3.8, 4) is 0 Å². The van der Waals surface area contributed by atoms with E-state index in [0.717, 1.165) is 54.5 Å². The number of fused-ring (bicyclic) bond motifs is 1. The van der Waals surface area contributed by atoms with E-state index in [2.05, 4.69) is 25.5 Å². The summed E-state index contributed by atoms with van der Waals surface area (Å²) in [6.07, 6.45) is 8.45. The highest BCUT2D eigenvalue weighted by Crippen LogP contribution is 2.27. The van der Waals surface area contributed by atoms with Gasteiger partial charge in [0.05, 0.1) is 24.3 Å². The maximum absolute atomic E-state index is 6.22. The predicted octanol–water partition coefficient (Wildman–Crippen LogP) is 4.64. The monoisotopic (exact) mass is 405 g/mol. The molecule has 3 aromatic rings. The fourth-order valence-corrected chi connectivity index (χ4v) is 4.13. The second-order valence-electron chi connectivity index (χ2n) is 6.79. The number of anilines is 1. The van der Waals surface area contributed by atoms with Crippen LogP contribution in [0.3, 0.4) is 0 Å². The molecule has 2 heterocycles. The third kappa shape index (κ3) is 4.34. The van der Waals surface area contributed by atoms with E-state index in [1.807, 2.05) is 18.2 Å². The number of hydrogen-bond donors (Lipinski definition) is 2. The number of benzene rings is 1. The van der Waals surface area contributed by atoms with Gasteiger partial charge in [0, 0.05) is 16.1 Å². The van der Waals surface area contributed by atoms with Crippen LogP contribution in [0.5, 0.6) is 0 Å². The van der Waals surface area contributed by atoms with Crippen LogP contribution in [0, 0.1) is 0 Å². The lowest BCUT2D eigenvalue weighted by atomic mass is 9.93. The van der Waals surface area contributed by atoms with Crippen LogP contribution >= 0.6 is 23.2 Å². The zero-order valence-electron chi connectivity index (χ0n) is 14.8. The smallest absolute Gasteiger partial charge is 0.160 e. The molecule has 0 spiro atoms. The molecule has 0 unspecified atom stereocenters. The normalized spacial score (nSPS) is 20.1. The fraction of sp³-hybridized carbons (Fsp3) is 0.421. The molecule has 1 aliphatic rings. The summed E-state index contributed by atoms with van der Waals surface area (Å²) in [5.41, 5.74) is 1.71. The Morgan fingerprint density at radius 2 is 1.89 bits per heavy atom. The molecule has 1 aliphatic carbocycles. The Labute approximate surface area is 167 Å². The summed E-state index contributed by atoms with van der Waals surface area (Å²) in [4.78, 5) is 8.52. The first-order chi connectivity index (χ1) is 13.2. The molecule has 8 heteroatoms. The molecule has 1 fully saturated rings. The first-order valence-corrected chi connectivity index (χ1v) is 9.91. The van der Waals surface area contributed by atoms with Crippen LogP contribution in [-0.2, 0) is 11.2 Å². The van der Waals surface area contributed by atoms with Crippen LogP contribution in [0.2, 0.25) is 10.0 Å². The minimum absolute atomic E-state index is 0.281. The molecule has 6 nitrogen and oxygen atoms in total. The van der Waals surface area contributed by atoms with Crippen molar-refractivity contribution in [1.82, 2.24) is 20.2 Å². The van der Waals surface area contributed by atoms with Gasteiger partial charge in [-0.05, 0) is 49.8 Å². The van der Waals surface area contributed by atoms with Crippen molar-refractivity contribution in [2.45, 2.75) is 44.2 Å². The number of hydrogen-bond acceptors (Lipinski definition) is 5. The molecule has 0 aliphatic heterocycles. The minimum Gasteiger partial charge on any atom is -0.378 e. The number of aromatic nitrogens is 4. The van der Waals surface area contributed by atoms with Crippen LogP contribution in [-0.4, -0.2) is 38.9 Å². The Hall–Kier alpha value is -1.89. The van der Waals surface area contributed by atoms with E-state index in [1.165, 1.54) is 0 Å². The molecule has 1 aromatic carbocycles. The summed E-state index contributed by atoms with van der Waals surface area (Å²) in [5, 5.41) is 12.8. The molecule has 0 atom stereocenters. The number of rotatable bonds is 6. The number of nitrogens with one attached hydrogen (secondary N) is 2. The van der Waals surface area contributed by atoms with Gasteiger partial charge >= 0.3 is 0 Å². The number of ether oxygens (including phenoxy) is 1. The van der Waals surface area contributed by atoms with Crippen LogP contribution in [0.25, 0.3) is 11.0 Å². The molecular formula is C19H21Cl2N5O. The van der Waals surface area contributed by atoms with Gasteiger partial charge in [-0.2, -0.15) is 5.10 Å². The Morgan fingerprint density at radius 1 is 1.11 bits per heavy atom. The summed E-state index contributed by atoms with van der Waals surface area (Å²) in [6, 6.07) is 5.97. The standard InChI is InChI=1S/C19H21Cl2N5O/c20-16-2-1-3-17(21)14(16)8-9-27-13-6-4-12(5-7-13)25-18-15-10-24-26-19(15)23-11-22-18/h1-3,10-13H,4-9H2,(H2,22,23,24,25,26)/t12-,13-. The van der Waals surface area contributed by atoms with Crippen LogP contribution in [0.4, 0.5) is 5.82 Å². The topological polar surface area (TPSA) is 75.7 Å².